The van der Waals surface area contributed by atoms with Gasteiger partial charge in [-0.1, -0.05) is 19.8 Å². The third kappa shape index (κ3) is 7.78. The van der Waals surface area contributed by atoms with Crippen LogP contribution in [0.3, 0.4) is 0 Å². The molecule has 2 rings (SSSR count). The first-order chi connectivity index (χ1) is 13.5. The summed E-state index contributed by atoms with van der Waals surface area (Å²) >= 11 is 0. The number of imide groups is 1. The molecule has 2 atom stereocenters. The zero-order valence-electron chi connectivity index (χ0n) is 17.5. The lowest BCUT2D eigenvalue weighted by Crippen LogP contribution is -2.47. The van der Waals surface area contributed by atoms with Gasteiger partial charge in [0.05, 0.1) is 5.92 Å². The number of ether oxygens (including phenoxy) is 1. The average Bonchev–Trinajstić information content (AvgIpc) is 2.71. The molecule has 2 aliphatic heterocycles. The molecule has 2 heterocycles. The summed E-state index contributed by atoms with van der Waals surface area (Å²) in [5, 5.41) is 5.70. The molecule has 2 fully saturated rings. The van der Waals surface area contributed by atoms with Crippen molar-refractivity contribution in [3.05, 3.63) is 0 Å². The normalized spacial score (nSPS) is 21.8. The van der Waals surface area contributed by atoms with Crippen molar-refractivity contribution in [1.82, 2.24) is 15.5 Å². The number of hydrogen-bond acceptors (Lipinski definition) is 5. The summed E-state index contributed by atoms with van der Waals surface area (Å²) in [6, 6.07) is 0. The van der Waals surface area contributed by atoms with Gasteiger partial charge < -0.3 is 15.0 Å². The van der Waals surface area contributed by atoms with Gasteiger partial charge in [-0.25, -0.2) is 4.79 Å². The summed E-state index contributed by atoms with van der Waals surface area (Å²) in [5.74, 6) is 0.0870. The van der Waals surface area contributed by atoms with E-state index in [-0.39, 0.29) is 23.8 Å². The van der Waals surface area contributed by atoms with Crippen LogP contribution in [0.1, 0.15) is 71.6 Å². The Hall–Kier alpha value is -1.63. The summed E-state index contributed by atoms with van der Waals surface area (Å²) in [4.78, 5) is 38.7. The van der Waals surface area contributed by atoms with Crippen LogP contribution in [0, 0.1) is 11.8 Å². The van der Waals surface area contributed by atoms with Crippen molar-refractivity contribution in [3.8, 4) is 0 Å². The lowest BCUT2D eigenvalue weighted by atomic mass is 9.92. The van der Waals surface area contributed by atoms with Crippen molar-refractivity contribution in [2.45, 2.75) is 77.7 Å². The van der Waals surface area contributed by atoms with Gasteiger partial charge >= 0.3 is 6.09 Å². The van der Waals surface area contributed by atoms with Gasteiger partial charge in [0.15, 0.2) is 0 Å². The minimum atomic E-state index is -0.678. The van der Waals surface area contributed by atoms with Crippen LogP contribution in [0.5, 0.6) is 0 Å². The van der Waals surface area contributed by atoms with E-state index >= 15 is 0 Å². The molecule has 0 saturated carbocycles. The number of alkyl carbamates (subject to hydrolysis) is 1. The topological polar surface area (TPSA) is 87.7 Å². The SMILES string of the molecule is CCCC[C@H](C)OC(=O)NC(=O)[C@@H]1CCCN(C(=O)CCC2CCNCC2)C1. The van der Waals surface area contributed by atoms with Crippen LogP contribution < -0.4 is 10.6 Å². The molecule has 2 aliphatic rings. The van der Waals surface area contributed by atoms with Crippen LogP contribution in [-0.2, 0) is 14.3 Å². The maximum absolute atomic E-state index is 12.6. The summed E-state index contributed by atoms with van der Waals surface area (Å²) in [6.45, 7) is 7.10. The predicted octanol–water partition coefficient (Wildman–Crippen LogP) is 2.84. The van der Waals surface area contributed by atoms with E-state index in [2.05, 4.69) is 17.6 Å². The monoisotopic (exact) mass is 395 g/mol. The molecule has 2 saturated heterocycles. The highest BCUT2D eigenvalue weighted by Crippen LogP contribution is 2.21. The maximum atomic E-state index is 12.6. The molecule has 0 aromatic heterocycles. The van der Waals surface area contributed by atoms with E-state index in [9.17, 15) is 14.4 Å². The van der Waals surface area contributed by atoms with Crippen LogP contribution in [0.4, 0.5) is 4.79 Å². The Balaban J connectivity index is 1.72. The van der Waals surface area contributed by atoms with Gasteiger partial charge in [-0.2, -0.15) is 0 Å². The third-order valence-electron chi connectivity index (χ3n) is 5.87. The highest BCUT2D eigenvalue weighted by atomic mass is 16.6. The van der Waals surface area contributed by atoms with E-state index < -0.39 is 6.09 Å². The van der Waals surface area contributed by atoms with Gasteiger partial charge in [0.25, 0.3) is 0 Å². The minimum Gasteiger partial charge on any atom is -0.446 e. The van der Waals surface area contributed by atoms with Gasteiger partial charge in [0.1, 0.15) is 6.10 Å². The Morgan fingerprint density at radius 3 is 2.68 bits per heavy atom. The van der Waals surface area contributed by atoms with Crippen LogP contribution in [-0.4, -0.2) is 55.1 Å². The fourth-order valence-corrected chi connectivity index (χ4v) is 4.04. The molecule has 7 heteroatoms. The van der Waals surface area contributed by atoms with Gasteiger partial charge in [0, 0.05) is 19.5 Å². The number of nitrogens with one attached hydrogen (secondary N) is 2. The predicted molar refractivity (Wildman–Crippen MR) is 108 cm³/mol. The van der Waals surface area contributed by atoms with Crippen LogP contribution >= 0.6 is 0 Å². The molecule has 0 radical (unpaired) electrons. The van der Waals surface area contributed by atoms with E-state index in [1.165, 1.54) is 0 Å². The second kappa shape index (κ2) is 12.0. The van der Waals surface area contributed by atoms with Gasteiger partial charge in [-0.05, 0) is 64.5 Å². The molecule has 3 amide bonds. The van der Waals surface area contributed by atoms with E-state index in [4.69, 9.17) is 4.74 Å². The first-order valence-corrected chi connectivity index (χ1v) is 11.0. The Bertz CT molecular complexity index is 520. The van der Waals surface area contributed by atoms with Gasteiger partial charge in [-0.3, -0.25) is 14.9 Å². The standard InChI is InChI=1S/C21H37N3O4/c1-3-4-6-16(2)28-21(27)23-20(26)18-7-5-14-24(15-18)19(25)9-8-17-10-12-22-13-11-17/h16-18,22H,3-15H2,1-2H3,(H,23,26,27)/t16-,18+/m0/s1. The fourth-order valence-electron chi connectivity index (χ4n) is 4.04. The molecule has 0 aromatic carbocycles. The number of rotatable bonds is 8. The van der Waals surface area contributed by atoms with E-state index in [0.29, 0.717) is 31.8 Å². The number of hydrogen-bond donors (Lipinski definition) is 2. The largest absolute Gasteiger partial charge is 0.446 e. The number of likely N-dealkylation sites (tertiary alicyclic amines) is 1. The van der Waals surface area contributed by atoms with Crippen LogP contribution in [0.15, 0.2) is 0 Å². The Morgan fingerprint density at radius 1 is 1.21 bits per heavy atom. The quantitative estimate of drug-likeness (QED) is 0.660. The van der Waals surface area contributed by atoms with E-state index in [0.717, 1.165) is 58.0 Å². The Labute approximate surface area is 168 Å². The second-order valence-electron chi connectivity index (χ2n) is 8.26. The number of unbranched alkanes of at least 4 members (excludes halogenated alkanes) is 1. The summed E-state index contributed by atoms with van der Waals surface area (Å²) < 4.78 is 5.24. The molecule has 2 N–H and O–H groups in total. The average molecular weight is 396 g/mol. The molecule has 28 heavy (non-hydrogen) atoms. The molecular formula is C21H37N3O4. The number of piperidine rings is 2. The number of carbonyl (C=O) groups is 3. The summed E-state index contributed by atoms with van der Waals surface area (Å²) in [5.41, 5.74) is 0. The van der Waals surface area contributed by atoms with Crippen LogP contribution in [0.25, 0.3) is 0 Å². The molecular weight excluding hydrogens is 358 g/mol. The van der Waals surface area contributed by atoms with E-state index in [1.54, 1.807) is 4.90 Å². The molecule has 0 bridgehead atoms. The first-order valence-electron chi connectivity index (χ1n) is 11.0. The summed E-state index contributed by atoms with van der Waals surface area (Å²) in [7, 11) is 0. The third-order valence-corrected chi connectivity index (χ3v) is 5.87. The molecule has 160 valence electrons. The second-order valence-corrected chi connectivity index (χ2v) is 8.26. The Kier molecular flexibility index (Phi) is 9.75. The van der Waals surface area contributed by atoms with Crippen molar-refractivity contribution in [2.24, 2.45) is 11.8 Å². The molecule has 0 aromatic rings. The zero-order valence-corrected chi connectivity index (χ0v) is 17.5. The van der Waals surface area contributed by atoms with Crippen molar-refractivity contribution in [1.29, 1.82) is 0 Å². The minimum absolute atomic E-state index is 0.131. The maximum Gasteiger partial charge on any atom is 0.414 e. The van der Waals surface area contributed by atoms with Gasteiger partial charge in [0.2, 0.25) is 11.8 Å². The molecule has 7 nitrogen and oxygen atoms in total. The number of nitrogens with zero attached hydrogens (tertiary/aromatic N) is 1. The van der Waals surface area contributed by atoms with Crippen molar-refractivity contribution in [2.75, 3.05) is 26.2 Å². The number of amides is 3. The van der Waals surface area contributed by atoms with Crippen molar-refractivity contribution >= 4 is 17.9 Å². The fraction of sp³-hybridized carbons (Fsp3) is 0.857. The highest BCUT2D eigenvalue weighted by Gasteiger charge is 2.30. The first kappa shape index (κ1) is 22.7. The zero-order chi connectivity index (χ0) is 20.4. The van der Waals surface area contributed by atoms with Crippen molar-refractivity contribution in [3.63, 3.8) is 0 Å². The van der Waals surface area contributed by atoms with E-state index in [1.807, 2.05) is 6.92 Å². The van der Waals surface area contributed by atoms with Gasteiger partial charge in [-0.15, -0.1) is 0 Å². The molecule has 0 spiro atoms. The van der Waals surface area contributed by atoms with Crippen molar-refractivity contribution < 1.29 is 19.1 Å². The summed E-state index contributed by atoms with van der Waals surface area (Å²) in [6.07, 6.45) is 7.18. The smallest absolute Gasteiger partial charge is 0.414 e. The van der Waals surface area contributed by atoms with Crippen LogP contribution in [0.2, 0.25) is 0 Å². The molecule has 0 unspecified atom stereocenters. The molecule has 0 aliphatic carbocycles. The highest BCUT2D eigenvalue weighted by molar-refractivity contribution is 5.93. The number of carbonyl (C=O) groups excluding carboxylic acids is 3. The Morgan fingerprint density at radius 2 is 1.96 bits per heavy atom. The lowest BCUT2D eigenvalue weighted by molar-refractivity contribution is -0.135. The lowest BCUT2D eigenvalue weighted by Gasteiger charge is -2.32.